The van der Waals surface area contributed by atoms with Crippen molar-refractivity contribution in [2.45, 2.75) is 37.0 Å². The van der Waals surface area contributed by atoms with Crippen LogP contribution in [0.3, 0.4) is 0 Å². The predicted molar refractivity (Wildman–Crippen MR) is 108 cm³/mol. The van der Waals surface area contributed by atoms with Gasteiger partial charge in [0.2, 0.25) is 5.91 Å². The van der Waals surface area contributed by atoms with Crippen molar-refractivity contribution in [2.24, 2.45) is 16.2 Å². The molecule has 1 N–H and O–H groups in total. The minimum atomic E-state index is -3.81. The van der Waals surface area contributed by atoms with Gasteiger partial charge in [-0.2, -0.15) is 8.42 Å². The first-order chi connectivity index (χ1) is 13.5. The zero-order valence-corrected chi connectivity index (χ0v) is 16.2. The van der Waals surface area contributed by atoms with Crippen LogP contribution in [0.1, 0.15) is 32.1 Å². The third kappa shape index (κ3) is 2.99. The molecule has 1 heterocycles. The molecule has 0 aromatic heterocycles. The van der Waals surface area contributed by atoms with E-state index in [9.17, 15) is 13.2 Å². The number of carbonyl (C=O) groups is 1. The van der Waals surface area contributed by atoms with E-state index in [0.29, 0.717) is 17.2 Å². The molecule has 1 aliphatic heterocycles. The Bertz CT molecular complexity index is 1070. The molecule has 0 atom stereocenters. The summed E-state index contributed by atoms with van der Waals surface area (Å²) in [5.41, 5.74) is 1.97. The number of rotatable bonds is 4. The smallest absolute Gasteiger partial charge is 0.286 e. The van der Waals surface area contributed by atoms with Crippen molar-refractivity contribution in [1.29, 1.82) is 0 Å². The van der Waals surface area contributed by atoms with Crippen LogP contribution in [-0.2, 0) is 14.8 Å². The monoisotopic (exact) mass is 395 g/mol. The third-order valence-electron chi connectivity index (χ3n) is 5.62. The van der Waals surface area contributed by atoms with E-state index in [1.165, 1.54) is 6.07 Å². The van der Waals surface area contributed by atoms with E-state index in [0.717, 1.165) is 37.8 Å². The van der Waals surface area contributed by atoms with Gasteiger partial charge < -0.3 is 5.32 Å². The van der Waals surface area contributed by atoms with Crippen LogP contribution in [0.25, 0.3) is 0 Å². The van der Waals surface area contributed by atoms with Gasteiger partial charge >= 0.3 is 0 Å². The van der Waals surface area contributed by atoms with Gasteiger partial charge in [-0.15, -0.1) is 4.40 Å². The lowest BCUT2D eigenvalue weighted by atomic mass is 9.85. The molecule has 0 saturated heterocycles. The van der Waals surface area contributed by atoms with E-state index in [2.05, 4.69) is 9.71 Å². The maximum atomic E-state index is 12.9. The van der Waals surface area contributed by atoms with Crippen LogP contribution in [-0.4, -0.2) is 20.2 Å². The van der Waals surface area contributed by atoms with Gasteiger partial charge in [0.05, 0.1) is 5.69 Å². The number of anilines is 3. The van der Waals surface area contributed by atoms with E-state index >= 15 is 0 Å². The molecule has 5 rings (SSSR count). The van der Waals surface area contributed by atoms with Crippen molar-refractivity contribution < 1.29 is 13.2 Å². The Kier molecular flexibility index (Phi) is 4.01. The lowest BCUT2D eigenvalue weighted by molar-refractivity contribution is -0.122. The molecule has 7 heteroatoms. The van der Waals surface area contributed by atoms with Crippen LogP contribution >= 0.6 is 0 Å². The first-order valence-electron chi connectivity index (χ1n) is 9.68. The fraction of sp³-hybridized carbons (Fsp3) is 0.333. The lowest BCUT2D eigenvalue weighted by Crippen LogP contribution is -2.33. The van der Waals surface area contributed by atoms with Crippen molar-refractivity contribution in [3.8, 4) is 0 Å². The maximum Gasteiger partial charge on any atom is 0.286 e. The number of carbonyl (C=O) groups excluding carboxylic acids is 1. The van der Waals surface area contributed by atoms with Crippen molar-refractivity contribution >= 4 is 38.8 Å². The second kappa shape index (κ2) is 6.44. The number of nitrogens with zero attached hydrogens (tertiary/aromatic N) is 2. The number of amides is 1. The molecule has 6 nitrogen and oxygen atoms in total. The normalized spacial score (nSPS) is 20.7. The van der Waals surface area contributed by atoms with E-state index in [1.807, 2.05) is 35.2 Å². The Morgan fingerprint density at radius 2 is 1.79 bits per heavy atom. The Balaban J connectivity index is 1.57. The van der Waals surface area contributed by atoms with Gasteiger partial charge in [-0.1, -0.05) is 24.6 Å². The first kappa shape index (κ1) is 17.4. The molecular weight excluding hydrogens is 374 g/mol. The third-order valence-corrected chi connectivity index (χ3v) is 6.93. The van der Waals surface area contributed by atoms with Crippen LogP contribution in [0, 0.1) is 11.8 Å². The van der Waals surface area contributed by atoms with E-state index in [-0.39, 0.29) is 22.6 Å². The number of hydrogen-bond donors (Lipinski definition) is 1. The SMILES string of the molecule is O=C(Nc1ccc2c(c1)S(=O)(=O)N=C(C1CC1)N2c1ccccc1)C1CCC1. The molecule has 2 aliphatic carbocycles. The molecular formula is C21H21N3O3S. The number of sulfonamides is 1. The summed E-state index contributed by atoms with van der Waals surface area (Å²) in [6.07, 6.45) is 4.75. The average molecular weight is 395 g/mol. The summed E-state index contributed by atoms with van der Waals surface area (Å²) in [5.74, 6) is 0.750. The van der Waals surface area contributed by atoms with Gasteiger partial charge in [0.15, 0.2) is 0 Å². The molecule has 0 radical (unpaired) electrons. The Hall–Kier alpha value is -2.67. The number of amidine groups is 1. The summed E-state index contributed by atoms with van der Waals surface area (Å²) >= 11 is 0. The largest absolute Gasteiger partial charge is 0.326 e. The molecule has 1 amide bonds. The topological polar surface area (TPSA) is 78.8 Å². The zero-order chi connectivity index (χ0) is 19.3. The van der Waals surface area contributed by atoms with Crippen LogP contribution in [0.4, 0.5) is 17.1 Å². The van der Waals surface area contributed by atoms with Crippen LogP contribution in [0.5, 0.6) is 0 Å². The number of nitrogens with one attached hydrogen (secondary N) is 1. The van der Waals surface area contributed by atoms with Gasteiger partial charge in [0.1, 0.15) is 10.7 Å². The minimum absolute atomic E-state index is 0.0351. The Morgan fingerprint density at radius 3 is 2.43 bits per heavy atom. The van der Waals surface area contributed by atoms with E-state index in [4.69, 9.17) is 0 Å². The van der Waals surface area contributed by atoms with Crippen LogP contribution in [0.15, 0.2) is 57.8 Å². The van der Waals surface area contributed by atoms with Crippen molar-refractivity contribution in [2.75, 3.05) is 10.2 Å². The highest BCUT2D eigenvalue weighted by atomic mass is 32.2. The molecule has 2 fully saturated rings. The quantitative estimate of drug-likeness (QED) is 0.846. The molecule has 0 bridgehead atoms. The highest BCUT2D eigenvalue weighted by molar-refractivity contribution is 7.90. The molecule has 2 saturated carbocycles. The van der Waals surface area contributed by atoms with E-state index in [1.54, 1.807) is 12.1 Å². The summed E-state index contributed by atoms with van der Waals surface area (Å²) < 4.78 is 30.0. The summed E-state index contributed by atoms with van der Waals surface area (Å²) in [7, 11) is -3.81. The summed E-state index contributed by atoms with van der Waals surface area (Å²) in [4.78, 5) is 14.3. The van der Waals surface area contributed by atoms with Crippen molar-refractivity contribution in [3.05, 3.63) is 48.5 Å². The molecule has 0 unspecified atom stereocenters. The number of hydrogen-bond acceptors (Lipinski definition) is 4. The summed E-state index contributed by atoms with van der Waals surface area (Å²) in [6, 6.07) is 14.8. The fourth-order valence-electron chi connectivity index (χ4n) is 3.68. The number of fused-ring (bicyclic) bond motifs is 1. The number of benzene rings is 2. The fourth-order valence-corrected chi connectivity index (χ4v) is 4.96. The molecule has 2 aromatic rings. The maximum absolute atomic E-state index is 12.9. The standard InChI is InChI=1S/C21H21N3O3S/c25-21(15-5-4-6-15)22-16-11-12-18-19(13-16)28(26,27)23-20(14-9-10-14)24(18)17-7-2-1-3-8-17/h1-3,7-8,11-15H,4-6,9-10H2,(H,22,25). The van der Waals surface area contributed by atoms with Crippen molar-refractivity contribution in [1.82, 2.24) is 0 Å². The molecule has 2 aromatic carbocycles. The second-order valence-corrected chi connectivity index (χ2v) is 9.24. The Morgan fingerprint density at radius 1 is 1.04 bits per heavy atom. The second-order valence-electron chi connectivity index (χ2n) is 7.67. The molecule has 144 valence electrons. The van der Waals surface area contributed by atoms with Crippen LogP contribution in [0.2, 0.25) is 0 Å². The highest BCUT2D eigenvalue weighted by Crippen LogP contribution is 2.44. The highest BCUT2D eigenvalue weighted by Gasteiger charge is 2.40. The molecule has 0 spiro atoms. The predicted octanol–water partition coefficient (Wildman–Crippen LogP) is 4.07. The molecule has 3 aliphatic rings. The van der Waals surface area contributed by atoms with Gasteiger partial charge in [-0.25, -0.2) is 0 Å². The zero-order valence-electron chi connectivity index (χ0n) is 15.3. The van der Waals surface area contributed by atoms with Crippen LogP contribution < -0.4 is 10.2 Å². The van der Waals surface area contributed by atoms with Crippen molar-refractivity contribution in [3.63, 3.8) is 0 Å². The van der Waals surface area contributed by atoms with Gasteiger partial charge in [-0.3, -0.25) is 9.69 Å². The summed E-state index contributed by atoms with van der Waals surface area (Å²) in [6.45, 7) is 0. The van der Waals surface area contributed by atoms with Gasteiger partial charge in [0, 0.05) is 23.2 Å². The first-order valence-corrected chi connectivity index (χ1v) is 11.1. The minimum Gasteiger partial charge on any atom is -0.326 e. The lowest BCUT2D eigenvalue weighted by Gasteiger charge is -2.31. The van der Waals surface area contributed by atoms with Gasteiger partial charge in [0.25, 0.3) is 10.0 Å². The number of para-hydroxylation sites is 1. The average Bonchev–Trinajstić information content (AvgIpc) is 3.46. The Labute approximate surface area is 164 Å². The molecule has 28 heavy (non-hydrogen) atoms. The summed E-state index contributed by atoms with van der Waals surface area (Å²) in [5, 5.41) is 2.86. The van der Waals surface area contributed by atoms with Gasteiger partial charge in [-0.05, 0) is 56.0 Å². The van der Waals surface area contributed by atoms with E-state index < -0.39 is 10.0 Å².